The third-order valence-corrected chi connectivity index (χ3v) is 5.63. The van der Waals surface area contributed by atoms with Gasteiger partial charge in [0, 0.05) is 42.7 Å². The number of rotatable bonds is 6. The third kappa shape index (κ3) is 5.10. The van der Waals surface area contributed by atoms with Crippen LogP contribution in [0, 0.1) is 5.82 Å². The number of nitrogens with zero attached hydrogens (tertiary/aromatic N) is 3. The van der Waals surface area contributed by atoms with Crippen LogP contribution >= 0.6 is 11.3 Å². The molecule has 2 N–H and O–H groups in total. The standard InChI is InChI=1S/C19H25FN4O2S/c1-19(2,13-25)24-9-7-23(8-10-24)11-17(26)22-18-21-16(12-27-18)14-3-5-15(20)6-4-14/h3-6,12,25H,7-11,13H2,1-2H3,(H,21,22,26). The van der Waals surface area contributed by atoms with Gasteiger partial charge in [0.25, 0.3) is 0 Å². The maximum Gasteiger partial charge on any atom is 0.240 e. The van der Waals surface area contributed by atoms with Gasteiger partial charge in [0.05, 0.1) is 18.8 Å². The topological polar surface area (TPSA) is 68.7 Å². The molecule has 0 unspecified atom stereocenters. The molecule has 1 amide bonds. The van der Waals surface area contributed by atoms with Gasteiger partial charge in [-0.15, -0.1) is 11.3 Å². The van der Waals surface area contributed by atoms with Gasteiger partial charge in [-0.1, -0.05) is 0 Å². The second kappa shape index (κ2) is 8.43. The summed E-state index contributed by atoms with van der Waals surface area (Å²) >= 11 is 1.35. The molecule has 2 heterocycles. The minimum absolute atomic E-state index is 0.0927. The molecule has 0 spiro atoms. The van der Waals surface area contributed by atoms with Crippen LogP contribution in [-0.2, 0) is 4.79 Å². The number of benzene rings is 1. The average Bonchev–Trinajstić information content (AvgIpc) is 3.11. The monoisotopic (exact) mass is 392 g/mol. The number of aromatic nitrogens is 1. The Bertz CT molecular complexity index is 770. The number of anilines is 1. The number of carbonyl (C=O) groups is 1. The van der Waals surface area contributed by atoms with E-state index >= 15 is 0 Å². The van der Waals surface area contributed by atoms with Gasteiger partial charge in [-0.05, 0) is 38.1 Å². The number of hydrogen-bond donors (Lipinski definition) is 2. The molecule has 1 fully saturated rings. The van der Waals surface area contributed by atoms with E-state index in [9.17, 15) is 14.3 Å². The van der Waals surface area contributed by atoms with Crippen molar-refractivity contribution in [3.8, 4) is 11.3 Å². The van der Waals surface area contributed by atoms with Crippen LogP contribution in [0.1, 0.15) is 13.8 Å². The Morgan fingerprint density at radius 2 is 1.93 bits per heavy atom. The molecule has 8 heteroatoms. The number of aliphatic hydroxyl groups excluding tert-OH is 1. The molecule has 27 heavy (non-hydrogen) atoms. The summed E-state index contributed by atoms with van der Waals surface area (Å²) in [6.45, 7) is 7.71. The molecule has 0 atom stereocenters. The SMILES string of the molecule is CC(C)(CO)N1CCN(CC(=O)Nc2nc(-c3ccc(F)cc3)cs2)CC1. The Morgan fingerprint density at radius 3 is 2.56 bits per heavy atom. The van der Waals surface area contributed by atoms with E-state index in [1.54, 1.807) is 12.1 Å². The summed E-state index contributed by atoms with van der Waals surface area (Å²) in [5.74, 6) is -0.380. The van der Waals surface area contributed by atoms with Crippen molar-refractivity contribution in [1.82, 2.24) is 14.8 Å². The van der Waals surface area contributed by atoms with Crippen LogP contribution < -0.4 is 5.32 Å². The van der Waals surface area contributed by atoms with Crippen molar-refractivity contribution < 1.29 is 14.3 Å². The number of halogens is 1. The number of piperazine rings is 1. The molecule has 0 saturated carbocycles. The van der Waals surface area contributed by atoms with Crippen molar-refractivity contribution in [3.05, 3.63) is 35.5 Å². The highest BCUT2D eigenvalue weighted by Gasteiger charge is 2.29. The fraction of sp³-hybridized carbons (Fsp3) is 0.474. The fourth-order valence-corrected chi connectivity index (χ4v) is 3.79. The van der Waals surface area contributed by atoms with E-state index in [2.05, 4.69) is 20.1 Å². The molecule has 3 rings (SSSR count). The Labute approximate surface area is 162 Å². The zero-order valence-electron chi connectivity index (χ0n) is 15.6. The summed E-state index contributed by atoms with van der Waals surface area (Å²) in [5.41, 5.74) is 1.30. The van der Waals surface area contributed by atoms with Gasteiger partial charge in [0.15, 0.2) is 5.13 Å². The molecule has 146 valence electrons. The molecule has 0 aliphatic carbocycles. The van der Waals surface area contributed by atoms with Gasteiger partial charge in [0.2, 0.25) is 5.91 Å². The summed E-state index contributed by atoms with van der Waals surface area (Å²) in [6.07, 6.45) is 0. The van der Waals surface area contributed by atoms with Crippen LogP contribution in [0.25, 0.3) is 11.3 Å². The summed E-state index contributed by atoms with van der Waals surface area (Å²) in [7, 11) is 0. The summed E-state index contributed by atoms with van der Waals surface area (Å²) in [6, 6.07) is 6.13. The van der Waals surface area contributed by atoms with E-state index < -0.39 is 0 Å². The van der Waals surface area contributed by atoms with Crippen molar-refractivity contribution in [2.45, 2.75) is 19.4 Å². The van der Waals surface area contributed by atoms with E-state index in [4.69, 9.17) is 0 Å². The van der Waals surface area contributed by atoms with Crippen molar-refractivity contribution >= 4 is 22.4 Å². The van der Waals surface area contributed by atoms with Crippen LogP contribution in [0.3, 0.4) is 0 Å². The first-order chi connectivity index (χ1) is 12.9. The van der Waals surface area contributed by atoms with Crippen LogP contribution in [0.15, 0.2) is 29.6 Å². The van der Waals surface area contributed by atoms with E-state index in [0.717, 1.165) is 37.4 Å². The van der Waals surface area contributed by atoms with Crippen molar-refractivity contribution in [3.63, 3.8) is 0 Å². The van der Waals surface area contributed by atoms with Crippen LogP contribution in [0.2, 0.25) is 0 Å². The third-order valence-electron chi connectivity index (χ3n) is 4.87. The minimum Gasteiger partial charge on any atom is -0.394 e. The van der Waals surface area contributed by atoms with Gasteiger partial charge < -0.3 is 10.4 Å². The molecule has 1 aliphatic heterocycles. The molecule has 2 aromatic rings. The highest BCUT2D eigenvalue weighted by molar-refractivity contribution is 7.14. The molecular weight excluding hydrogens is 367 g/mol. The highest BCUT2D eigenvalue weighted by atomic mass is 32.1. The molecule has 1 aliphatic rings. The maximum atomic E-state index is 13.0. The first-order valence-electron chi connectivity index (χ1n) is 8.97. The number of carbonyl (C=O) groups excluding carboxylic acids is 1. The van der Waals surface area contributed by atoms with E-state index in [1.165, 1.54) is 23.5 Å². The van der Waals surface area contributed by atoms with Crippen LogP contribution in [0.4, 0.5) is 9.52 Å². The van der Waals surface area contributed by atoms with Crippen molar-refractivity contribution in [2.75, 3.05) is 44.6 Å². The average molecular weight is 393 g/mol. The number of thiazole rings is 1. The van der Waals surface area contributed by atoms with Gasteiger partial charge in [0.1, 0.15) is 5.82 Å². The first-order valence-corrected chi connectivity index (χ1v) is 9.85. The predicted octanol–water partition coefficient (Wildman–Crippen LogP) is 2.28. The lowest BCUT2D eigenvalue weighted by Crippen LogP contribution is -2.56. The zero-order chi connectivity index (χ0) is 19.4. The lowest BCUT2D eigenvalue weighted by molar-refractivity contribution is -0.118. The molecule has 0 radical (unpaired) electrons. The summed E-state index contributed by atoms with van der Waals surface area (Å²) < 4.78 is 13.0. The molecule has 1 aromatic carbocycles. The van der Waals surface area contributed by atoms with Crippen LogP contribution in [-0.4, -0.2) is 70.7 Å². The Balaban J connectivity index is 1.50. The van der Waals surface area contributed by atoms with E-state index in [0.29, 0.717) is 11.7 Å². The Morgan fingerprint density at radius 1 is 1.26 bits per heavy atom. The van der Waals surface area contributed by atoms with Crippen molar-refractivity contribution in [2.24, 2.45) is 0 Å². The Hall–Kier alpha value is -1.87. The maximum absolute atomic E-state index is 13.0. The molecule has 1 saturated heterocycles. The van der Waals surface area contributed by atoms with Gasteiger partial charge in [-0.25, -0.2) is 9.37 Å². The molecule has 6 nitrogen and oxygen atoms in total. The number of hydrogen-bond acceptors (Lipinski definition) is 6. The largest absolute Gasteiger partial charge is 0.394 e. The summed E-state index contributed by atoms with van der Waals surface area (Å²) in [5, 5.41) is 14.7. The second-order valence-electron chi connectivity index (χ2n) is 7.33. The lowest BCUT2D eigenvalue weighted by Gasteiger charge is -2.43. The van der Waals surface area contributed by atoms with Gasteiger partial charge >= 0.3 is 0 Å². The van der Waals surface area contributed by atoms with Gasteiger partial charge in [-0.2, -0.15) is 0 Å². The predicted molar refractivity (Wildman–Crippen MR) is 105 cm³/mol. The van der Waals surface area contributed by atoms with Crippen LogP contribution in [0.5, 0.6) is 0 Å². The molecule has 0 bridgehead atoms. The van der Waals surface area contributed by atoms with E-state index in [1.807, 2.05) is 19.2 Å². The van der Waals surface area contributed by atoms with Gasteiger partial charge in [-0.3, -0.25) is 14.6 Å². The van der Waals surface area contributed by atoms with Crippen molar-refractivity contribution in [1.29, 1.82) is 0 Å². The first kappa shape index (κ1) is 19.9. The smallest absolute Gasteiger partial charge is 0.240 e. The number of nitrogens with one attached hydrogen (secondary N) is 1. The Kier molecular flexibility index (Phi) is 6.21. The zero-order valence-corrected chi connectivity index (χ0v) is 16.4. The normalized spacial score (nSPS) is 16.4. The fourth-order valence-electron chi connectivity index (χ4n) is 3.06. The second-order valence-corrected chi connectivity index (χ2v) is 8.18. The minimum atomic E-state index is -0.287. The number of aliphatic hydroxyl groups is 1. The van der Waals surface area contributed by atoms with E-state index in [-0.39, 0.29) is 23.9 Å². The summed E-state index contributed by atoms with van der Waals surface area (Å²) in [4.78, 5) is 21.1. The number of amides is 1. The lowest BCUT2D eigenvalue weighted by atomic mass is 10.0. The highest BCUT2D eigenvalue weighted by Crippen LogP contribution is 2.25. The quantitative estimate of drug-likeness (QED) is 0.789. The molecular formula is C19H25FN4O2S. The molecule has 1 aromatic heterocycles.